The van der Waals surface area contributed by atoms with Crippen LogP contribution in [0.5, 0.6) is 0 Å². The van der Waals surface area contributed by atoms with Gasteiger partial charge in [0.2, 0.25) is 0 Å². The molecule has 0 spiro atoms. The Labute approximate surface area is 143 Å². The molecule has 0 aliphatic heterocycles. The van der Waals surface area contributed by atoms with Crippen LogP contribution in [-0.4, -0.2) is 5.97 Å². The molecule has 0 saturated carbocycles. The SMILES string of the molecule is O=C(OCc1ccc(Br)cc1)c1sc2cc(F)ccc2c1Cl. The lowest BCUT2D eigenvalue weighted by Gasteiger charge is -2.04. The zero-order chi connectivity index (χ0) is 15.7. The van der Waals surface area contributed by atoms with E-state index in [-0.39, 0.29) is 12.4 Å². The van der Waals surface area contributed by atoms with Gasteiger partial charge in [-0.15, -0.1) is 11.3 Å². The number of rotatable bonds is 3. The van der Waals surface area contributed by atoms with Gasteiger partial charge in [-0.2, -0.15) is 0 Å². The number of ether oxygens (including phenoxy) is 1. The van der Waals surface area contributed by atoms with Crippen LogP contribution in [0, 0.1) is 5.82 Å². The molecule has 0 aliphatic carbocycles. The zero-order valence-corrected chi connectivity index (χ0v) is 14.3. The highest BCUT2D eigenvalue weighted by Gasteiger charge is 2.18. The van der Waals surface area contributed by atoms with Crippen LogP contribution in [0.1, 0.15) is 15.2 Å². The quantitative estimate of drug-likeness (QED) is 0.519. The van der Waals surface area contributed by atoms with Gasteiger partial charge in [-0.05, 0) is 35.9 Å². The van der Waals surface area contributed by atoms with Crippen molar-refractivity contribution < 1.29 is 13.9 Å². The Morgan fingerprint density at radius 1 is 1.23 bits per heavy atom. The molecule has 2 aromatic carbocycles. The molecule has 112 valence electrons. The van der Waals surface area contributed by atoms with Gasteiger partial charge in [0, 0.05) is 14.6 Å². The van der Waals surface area contributed by atoms with E-state index in [2.05, 4.69) is 15.9 Å². The monoisotopic (exact) mass is 398 g/mol. The van der Waals surface area contributed by atoms with Crippen LogP contribution in [0.25, 0.3) is 10.1 Å². The fourth-order valence-corrected chi connectivity index (χ4v) is 3.66. The predicted octanol–water partition coefficient (Wildman–Crippen LogP) is 5.81. The lowest BCUT2D eigenvalue weighted by molar-refractivity contribution is 0.0479. The number of esters is 1. The maximum Gasteiger partial charge on any atom is 0.350 e. The molecule has 1 heterocycles. The smallest absolute Gasteiger partial charge is 0.350 e. The highest BCUT2D eigenvalue weighted by molar-refractivity contribution is 9.10. The normalized spacial score (nSPS) is 10.9. The number of halogens is 3. The van der Waals surface area contributed by atoms with E-state index in [1.165, 1.54) is 12.1 Å². The van der Waals surface area contributed by atoms with Crippen LogP contribution in [0.15, 0.2) is 46.9 Å². The summed E-state index contributed by atoms with van der Waals surface area (Å²) in [6.07, 6.45) is 0. The van der Waals surface area contributed by atoms with Gasteiger partial charge < -0.3 is 4.74 Å². The first kappa shape index (κ1) is 15.5. The Kier molecular flexibility index (Phi) is 4.47. The Hall–Kier alpha value is -1.43. The highest BCUT2D eigenvalue weighted by Crippen LogP contribution is 2.36. The number of carbonyl (C=O) groups is 1. The Balaban J connectivity index is 1.80. The van der Waals surface area contributed by atoms with Crippen molar-refractivity contribution in [2.24, 2.45) is 0 Å². The van der Waals surface area contributed by atoms with Gasteiger partial charge in [0.1, 0.15) is 17.3 Å². The molecule has 0 fully saturated rings. The van der Waals surface area contributed by atoms with Crippen molar-refractivity contribution in [1.29, 1.82) is 0 Å². The summed E-state index contributed by atoms with van der Waals surface area (Å²) in [5.74, 6) is -0.866. The second kappa shape index (κ2) is 6.36. The van der Waals surface area contributed by atoms with Gasteiger partial charge in [0.05, 0.1) is 5.02 Å². The van der Waals surface area contributed by atoms with Crippen LogP contribution >= 0.6 is 38.9 Å². The van der Waals surface area contributed by atoms with E-state index < -0.39 is 5.97 Å². The molecule has 6 heteroatoms. The molecule has 0 atom stereocenters. The third kappa shape index (κ3) is 3.16. The summed E-state index contributed by atoms with van der Waals surface area (Å²) in [6, 6.07) is 11.7. The fourth-order valence-electron chi connectivity index (χ4n) is 1.97. The van der Waals surface area contributed by atoms with Crippen LogP contribution in [0.2, 0.25) is 5.02 Å². The molecular formula is C16H9BrClFO2S. The number of fused-ring (bicyclic) bond motifs is 1. The van der Waals surface area contributed by atoms with Gasteiger partial charge in [0.25, 0.3) is 0 Å². The van der Waals surface area contributed by atoms with Crippen molar-refractivity contribution in [2.45, 2.75) is 6.61 Å². The van der Waals surface area contributed by atoms with Crippen molar-refractivity contribution >= 4 is 54.9 Å². The van der Waals surface area contributed by atoms with Crippen LogP contribution in [-0.2, 0) is 11.3 Å². The molecule has 0 bridgehead atoms. The first-order chi connectivity index (χ1) is 10.5. The van der Waals surface area contributed by atoms with Crippen LogP contribution in [0.3, 0.4) is 0 Å². The molecule has 0 radical (unpaired) electrons. The molecule has 0 aliphatic rings. The van der Waals surface area contributed by atoms with Crippen molar-refractivity contribution in [3.63, 3.8) is 0 Å². The van der Waals surface area contributed by atoms with Crippen molar-refractivity contribution in [3.05, 3.63) is 68.2 Å². The standard InChI is InChI=1S/C16H9BrClFO2S/c17-10-3-1-9(2-4-10)8-21-16(20)15-14(18)12-6-5-11(19)7-13(12)22-15/h1-7H,8H2. The second-order valence-electron chi connectivity index (χ2n) is 4.59. The van der Waals surface area contributed by atoms with E-state index >= 15 is 0 Å². The lowest BCUT2D eigenvalue weighted by Crippen LogP contribution is -2.03. The number of benzene rings is 2. The minimum atomic E-state index is -0.505. The maximum absolute atomic E-state index is 13.2. The minimum Gasteiger partial charge on any atom is -0.457 e. The van der Waals surface area contributed by atoms with E-state index in [1.807, 2.05) is 24.3 Å². The summed E-state index contributed by atoms with van der Waals surface area (Å²) in [5, 5.41) is 0.962. The molecule has 2 nitrogen and oxygen atoms in total. The summed E-state index contributed by atoms with van der Waals surface area (Å²) in [7, 11) is 0. The first-order valence-electron chi connectivity index (χ1n) is 6.34. The average molecular weight is 400 g/mol. The predicted molar refractivity (Wildman–Crippen MR) is 90.1 cm³/mol. The van der Waals surface area contributed by atoms with E-state index in [0.29, 0.717) is 20.0 Å². The fraction of sp³-hybridized carbons (Fsp3) is 0.0625. The Morgan fingerprint density at radius 2 is 1.95 bits per heavy atom. The number of hydrogen-bond donors (Lipinski definition) is 0. The molecule has 3 aromatic rings. The minimum absolute atomic E-state index is 0.158. The number of thiophene rings is 1. The summed E-state index contributed by atoms with van der Waals surface area (Å²) >= 11 is 10.7. The van der Waals surface area contributed by atoms with Gasteiger partial charge in [-0.1, -0.05) is 39.7 Å². The Bertz CT molecular complexity index is 845. The zero-order valence-electron chi connectivity index (χ0n) is 11.1. The largest absolute Gasteiger partial charge is 0.457 e. The maximum atomic E-state index is 13.2. The van der Waals surface area contributed by atoms with Crippen molar-refractivity contribution in [1.82, 2.24) is 0 Å². The third-order valence-electron chi connectivity index (χ3n) is 3.06. The molecule has 1 aromatic heterocycles. The summed E-state index contributed by atoms with van der Waals surface area (Å²) < 4.78 is 20.1. The second-order valence-corrected chi connectivity index (χ2v) is 6.93. The van der Waals surface area contributed by atoms with Gasteiger partial charge >= 0.3 is 5.97 Å². The van der Waals surface area contributed by atoms with E-state index in [1.54, 1.807) is 6.07 Å². The van der Waals surface area contributed by atoms with Gasteiger partial charge in [0.15, 0.2) is 0 Å². The summed E-state index contributed by atoms with van der Waals surface area (Å²) in [6.45, 7) is 0.158. The molecule has 0 unspecified atom stereocenters. The molecule has 0 N–H and O–H groups in total. The average Bonchev–Trinajstić information content (AvgIpc) is 2.83. The highest BCUT2D eigenvalue weighted by atomic mass is 79.9. The molecule has 0 amide bonds. The van der Waals surface area contributed by atoms with Gasteiger partial charge in [-0.25, -0.2) is 9.18 Å². The van der Waals surface area contributed by atoms with Gasteiger partial charge in [-0.3, -0.25) is 0 Å². The topological polar surface area (TPSA) is 26.3 Å². The summed E-state index contributed by atoms with van der Waals surface area (Å²) in [4.78, 5) is 12.5. The lowest BCUT2D eigenvalue weighted by atomic mass is 10.2. The molecule has 3 rings (SSSR count). The van der Waals surface area contributed by atoms with E-state index in [0.717, 1.165) is 21.4 Å². The van der Waals surface area contributed by atoms with E-state index in [4.69, 9.17) is 16.3 Å². The molecule has 0 saturated heterocycles. The van der Waals surface area contributed by atoms with E-state index in [9.17, 15) is 9.18 Å². The first-order valence-corrected chi connectivity index (χ1v) is 8.32. The molecular weight excluding hydrogens is 391 g/mol. The van der Waals surface area contributed by atoms with Crippen LogP contribution < -0.4 is 0 Å². The Morgan fingerprint density at radius 3 is 2.68 bits per heavy atom. The van der Waals surface area contributed by atoms with Crippen LogP contribution in [0.4, 0.5) is 4.39 Å². The van der Waals surface area contributed by atoms with Crippen molar-refractivity contribution in [2.75, 3.05) is 0 Å². The molecule has 22 heavy (non-hydrogen) atoms. The summed E-state index contributed by atoms with van der Waals surface area (Å²) in [5.41, 5.74) is 0.875. The van der Waals surface area contributed by atoms with Crippen molar-refractivity contribution in [3.8, 4) is 0 Å². The number of hydrogen-bond acceptors (Lipinski definition) is 3. The number of carbonyl (C=O) groups excluding carboxylic acids is 1. The third-order valence-corrected chi connectivity index (χ3v) is 5.23.